The van der Waals surface area contributed by atoms with E-state index < -0.39 is 6.43 Å². The average molecular weight is 294 g/mol. The van der Waals surface area contributed by atoms with Crippen LogP contribution in [0.15, 0.2) is 24.3 Å². The fourth-order valence-electron chi connectivity index (χ4n) is 3.26. The largest absolute Gasteiger partial charge is 0.316 e. The Bertz CT molecular complexity index is 454. The van der Waals surface area contributed by atoms with Crippen LogP contribution in [-0.4, -0.2) is 30.6 Å². The highest BCUT2D eigenvalue weighted by molar-refractivity contribution is 5.24. The van der Waals surface area contributed by atoms with Crippen molar-refractivity contribution in [1.82, 2.24) is 10.2 Å². The number of piperidine rings is 1. The second-order valence-electron chi connectivity index (χ2n) is 6.42. The van der Waals surface area contributed by atoms with Crippen LogP contribution in [0.1, 0.15) is 43.2 Å². The number of nitrogens with one attached hydrogen (secondary N) is 1. The maximum Gasteiger partial charge on any atom is 0.263 e. The van der Waals surface area contributed by atoms with Gasteiger partial charge in [-0.15, -0.1) is 0 Å². The van der Waals surface area contributed by atoms with Crippen molar-refractivity contribution in [2.45, 2.75) is 44.7 Å². The summed E-state index contributed by atoms with van der Waals surface area (Å²) in [4.78, 5) is 2.50. The van der Waals surface area contributed by atoms with Crippen molar-refractivity contribution in [2.24, 2.45) is 5.92 Å². The van der Waals surface area contributed by atoms with Crippen molar-refractivity contribution in [3.05, 3.63) is 35.4 Å². The molecule has 1 aliphatic heterocycles. The predicted molar refractivity (Wildman–Crippen MR) is 80.4 cm³/mol. The third-order valence-corrected chi connectivity index (χ3v) is 4.54. The van der Waals surface area contributed by atoms with Crippen LogP contribution in [0.4, 0.5) is 8.78 Å². The van der Waals surface area contributed by atoms with Crippen molar-refractivity contribution in [2.75, 3.05) is 19.6 Å². The Morgan fingerprint density at radius 2 is 2.10 bits per heavy atom. The Balaban J connectivity index is 1.63. The molecule has 3 rings (SSSR count). The van der Waals surface area contributed by atoms with Gasteiger partial charge in [0.15, 0.2) is 0 Å². The number of benzene rings is 1. The first-order valence-electron chi connectivity index (χ1n) is 8.04. The Morgan fingerprint density at radius 1 is 1.24 bits per heavy atom. The molecule has 2 fully saturated rings. The molecule has 0 aromatic heterocycles. The summed E-state index contributed by atoms with van der Waals surface area (Å²) < 4.78 is 25.6. The van der Waals surface area contributed by atoms with E-state index >= 15 is 0 Å². The molecule has 1 heterocycles. The summed E-state index contributed by atoms with van der Waals surface area (Å²) in [6, 6.07) is 7.58. The van der Waals surface area contributed by atoms with Crippen LogP contribution >= 0.6 is 0 Å². The normalized spacial score (nSPS) is 23.0. The predicted octanol–water partition coefficient (Wildman–Crippen LogP) is 3.59. The Hall–Kier alpha value is -1.00. The molecule has 1 aromatic rings. The highest BCUT2D eigenvalue weighted by atomic mass is 19.3. The minimum atomic E-state index is -2.37. The monoisotopic (exact) mass is 294 g/mol. The lowest BCUT2D eigenvalue weighted by molar-refractivity contribution is 0.151. The van der Waals surface area contributed by atoms with Crippen molar-refractivity contribution in [1.29, 1.82) is 0 Å². The van der Waals surface area contributed by atoms with E-state index in [4.69, 9.17) is 0 Å². The number of hydrogen-bond donors (Lipinski definition) is 1. The van der Waals surface area contributed by atoms with Crippen molar-refractivity contribution in [3.8, 4) is 0 Å². The van der Waals surface area contributed by atoms with Crippen molar-refractivity contribution < 1.29 is 8.78 Å². The van der Waals surface area contributed by atoms with Gasteiger partial charge in [0.05, 0.1) is 0 Å². The average Bonchev–Trinajstić information content (AvgIpc) is 3.33. The van der Waals surface area contributed by atoms with E-state index in [1.54, 1.807) is 12.1 Å². The highest BCUT2D eigenvalue weighted by Gasteiger charge is 2.31. The van der Waals surface area contributed by atoms with Gasteiger partial charge in [0.1, 0.15) is 0 Å². The molecule has 1 aromatic carbocycles. The molecular weight excluding hydrogens is 270 g/mol. The van der Waals surface area contributed by atoms with E-state index in [0.717, 1.165) is 31.7 Å². The van der Waals surface area contributed by atoms with Crippen LogP contribution in [-0.2, 0) is 6.54 Å². The zero-order valence-corrected chi connectivity index (χ0v) is 12.4. The van der Waals surface area contributed by atoms with Gasteiger partial charge < -0.3 is 5.32 Å². The molecule has 0 spiro atoms. The zero-order valence-electron chi connectivity index (χ0n) is 12.4. The van der Waals surface area contributed by atoms with Gasteiger partial charge in [-0.3, -0.25) is 4.90 Å². The molecule has 1 aliphatic carbocycles. The van der Waals surface area contributed by atoms with E-state index in [9.17, 15) is 8.78 Å². The lowest BCUT2D eigenvalue weighted by atomic mass is 9.98. The van der Waals surface area contributed by atoms with Crippen LogP contribution in [0.25, 0.3) is 0 Å². The van der Waals surface area contributed by atoms with E-state index in [0.29, 0.717) is 12.0 Å². The van der Waals surface area contributed by atoms with E-state index in [1.165, 1.54) is 31.7 Å². The van der Waals surface area contributed by atoms with Gasteiger partial charge >= 0.3 is 0 Å². The van der Waals surface area contributed by atoms with Gasteiger partial charge in [-0.05, 0) is 56.3 Å². The number of alkyl halides is 2. The minimum Gasteiger partial charge on any atom is -0.316 e. The number of hydrogen-bond acceptors (Lipinski definition) is 2. The van der Waals surface area contributed by atoms with E-state index in [-0.39, 0.29) is 5.56 Å². The van der Waals surface area contributed by atoms with Crippen molar-refractivity contribution in [3.63, 3.8) is 0 Å². The Morgan fingerprint density at radius 3 is 2.76 bits per heavy atom. The van der Waals surface area contributed by atoms with Crippen LogP contribution in [0, 0.1) is 5.92 Å². The molecule has 1 N–H and O–H groups in total. The summed E-state index contributed by atoms with van der Waals surface area (Å²) >= 11 is 0. The fourth-order valence-corrected chi connectivity index (χ4v) is 3.26. The fraction of sp³-hybridized carbons (Fsp3) is 0.647. The molecule has 0 radical (unpaired) electrons. The molecule has 1 saturated heterocycles. The van der Waals surface area contributed by atoms with E-state index in [1.807, 2.05) is 6.07 Å². The Labute approximate surface area is 125 Å². The standard InChI is InChI=1S/C17H24F2N2/c18-17(19)15-5-1-3-13(9-15)11-21(16-6-7-16)12-14-4-2-8-20-10-14/h1,3,5,9,14,16-17,20H,2,4,6-8,10-12H2. The molecule has 116 valence electrons. The van der Waals surface area contributed by atoms with Crippen LogP contribution in [0.5, 0.6) is 0 Å². The van der Waals surface area contributed by atoms with Gasteiger partial charge in [0, 0.05) is 24.7 Å². The number of rotatable bonds is 6. The zero-order chi connectivity index (χ0) is 14.7. The molecule has 2 nitrogen and oxygen atoms in total. The van der Waals surface area contributed by atoms with Gasteiger partial charge in [0.25, 0.3) is 6.43 Å². The van der Waals surface area contributed by atoms with Gasteiger partial charge in [0.2, 0.25) is 0 Å². The summed E-state index contributed by atoms with van der Waals surface area (Å²) in [5.41, 5.74) is 1.16. The third-order valence-electron chi connectivity index (χ3n) is 4.54. The van der Waals surface area contributed by atoms with Gasteiger partial charge in [-0.2, -0.15) is 0 Å². The molecule has 1 unspecified atom stereocenters. The second-order valence-corrected chi connectivity index (χ2v) is 6.42. The number of nitrogens with zero attached hydrogens (tertiary/aromatic N) is 1. The van der Waals surface area contributed by atoms with Gasteiger partial charge in [-0.25, -0.2) is 8.78 Å². The third kappa shape index (κ3) is 4.24. The molecule has 21 heavy (non-hydrogen) atoms. The summed E-state index contributed by atoms with van der Waals surface area (Å²) in [5, 5.41) is 3.46. The molecule has 2 aliphatic rings. The molecular formula is C17H24F2N2. The molecule has 1 saturated carbocycles. The summed E-state index contributed by atoms with van der Waals surface area (Å²) in [5.74, 6) is 0.706. The lowest BCUT2D eigenvalue weighted by Crippen LogP contribution is -2.39. The highest BCUT2D eigenvalue weighted by Crippen LogP contribution is 2.30. The first-order valence-corrected chi connectivity index (χ1v) is 8.04. The summed E-state index contributed by atoms with van der Waals surface area (Å²) in [6.45, 7) is 4.13. The van der Waals surface area contributed by atoms with Crippen LogP contribution in [0.3, 0.4) is 0 Å². The smallest absolute Gasteiger partial charge is 0.263 e. The summed E-state index contributed by atoms with van der Waals surface area (Å²) in [6.07, 6.45) is 2.68. The number of halogens is 2. The first kappa shape index (κ1) is 14.9. The van der Waals surface area contributed by atoms with Crippen LogP contribution in [0.2, 0.25) is 0 Å². The molecule has 4 heteroatoms. The second kappa shape index (κ2) is 6.84. The van der Waals surface area contributed by atoms with E-state index in [2.05, 4.69) is 10.2 Å². The topological polar surface area (TPSA) is 15.3 Å². The lowest BCUT2D eigenvalue weighted by Gasteiger charge is -2.30. The van der Waals surface area contributed by atoms with Crippen LogP contribution < -0.4 is 5.32 Å². The maximum absolute atomic E-state index is 12.8. The quantitative estimate of drug-likeness (QED) is 0.862. The van der Waals surface area contributed by atoms with Gasteiger partial charge in [-0.1, -0.05) is 18.2 Å². The maximum atomic E-state index is 12.8. The molecule has 0 bridgehead atoms. The Kier molecular flexibility index (Phi) is 4.86. The molecule has 0 amide bonds. The SMILES string of the molecule is FC(F)c1cccc(CN(CC2CCCNC2)C2CC2)c1. The first-order chi connectivity index (χ1) is 10.2. The van der Waals surface area contributed by atoms with Crippen molar-refractivity contribution >= 4 is 0 Å². The minimum absolute atomic E-state index is 0.141. The summed E-state index contributed by atoms with van der Waals surface area (Å²) in [7, 11) is 0. The molecule has 1 atom stereocenters.